The monoisotopic (exact) mass is 322 g/mol. The van der Waals surface area contributed by atoms with E-state index in [9.17, 15) is 18.3 Å². The minimum absolute atomic E-state index is 0.388. The van der Waals surface area contributed by atoms with Crippen LogP contribution >= 0.6 is 0 Å². The third-order valence-electron chi connectivity index (χ3n) is 3.87. The van der Waals surface area contributed by atoms with Crippen molar-refractivity contribution >= 4 is 0 Å². The largest absolute Gasteiger partial charge is 0.416 e. The number of hydrogen-bond acceptors (Lipinski definition) is 1. The second-order valence-corrected chi connectivity index (χ2v) is 6.29. The lowest BCUT2D eigenvalue weighted by Crippen LogP contribution is -2.04. The zero-order valence-electron chi connectivity index (χ0n) is 13.5. The molecule has 2 rings (SSSR count). The molecule has 0 bridgehead atoms. The maximum atomic E-state index is 12.6. The zero-order chi connectivity index (χ0) is 17.2. The van der Waals surface area contributed by atoms with Crippen LogP contribution in [-0.2, 0) is 6.18 Å². The summed E-state index contributed by atoms with van der Waals surface area (Å²) in [4.78, 5) is 0. The molecule has 0 fully saturated rings. The molecule has 0 radical (unpaired) electrons. The van der Waals surface area contributed by atoms with E-state index in [1.807, 2.05) is 25.1 Å². The fourth-order valence-electron chi connectivity index (χ4n) is 2.65. The van der Waals surface area contributed by atoms with Gasteiger partial charge in [0.15, 0.2) is 0 Å². The van der Waals surface area contributed by atoms with Gasteiger partial charge >= 0.3 is 6.18 Å². The van der Waals surface area contributed by atoms with Crippen molar-refractivity contribution in [3.8, 4) is 11.1 Å². The fraction of sp³-hybridized carbons (Fsp3) is 0.368. The average molecular weight is 322 g/mol. The van der Waals surface area contributed by atoms with Crippen LogP contribution < -0.4 is 0 Å². The lowest BCUT2D eigenvalue weighted by molar-refractivity contribution is -0.137. The number of hydrogen-bond donors (Lipinski definition) is 1. The van der Waals surface area contributed by atoms with E-state index in [1.54, 1.807) is 0 Å². The molecule has 1 N–H and O–H groups in total. The summed E-state index contributed by atoms with van der Waals surface area (Å²) in [5, 5.41) is 10.2. The van der Waals surface area contributed by atoms with Crippen LogP contribution in [0.5, 0.6) is 0 Å². The topological polar surface area (TPSA) is 20.2 Å². The summed E-state index contributed by atoms with van der Waals surface area (Å²) in [5.41, 5.74) is 2.73. The fourth-order valence-corrected chi connectivity index (χ4v) is 2.65. The Morgan fingerprint density at radius 3 is 2.00 bits per heavy atom. The van der Waals surface area contributed by atoms with Gasteiger partial charge in [-0.2, -0.15) is 13.2 Å². The van der Waals surface area contributed by atoms with Crippen LogP contribution in [0.4, 0.5) is 13.2 Å². The van der Waals surface area contributed by atoms with Crippen LogP contribution in [0.25, 0.3) is 11.1 Å². The average Bonchev–Trinajstić information content (AvgIpc) is 2.45. The first-order chi connectivity index (χ1) is 10.7. The lowest BCUT2D eigenvalue weighted by atomic mass is 9.93. The molecule has 0 aromatic heterocycles. The molecule has 2 aromatic carbocycles. The normalized spacial score (nSPS) is 13.4. The molecule has 1 atom stereocenters. The number of aliphatic hydroxyl groups excluding tert-OH is 1. The molecule has 0 aliphatic heterocycles. The maximum Gasteiger partial charge on any atom is 0.416 e. The zero-order valence-corrected chi connectivity index (χ0v) is 13.5. The Morgan fingerprint density at radius 2 is 1.52 bits per heavy atom. The molecule has 0 heterocycles. The van der Waals surface area contributed by atoms with E-state index in [0.29, 0.717) is 12.3 Å². The van der Waals surface area contributed by atoms with Crippen LogP contribution in [0.2, 0.25) is 0 Å². The molecule has 0 unspecified atom stereocenters. The summed E-state index contributed by atoms with van der Waals surface area (Å²) >= 11 is 0. The number of rotatable bonds is 4. The standard InChI is InChI=1S/C19H21F3O/c1-12(2)10-18(23)17-9-6-15(11-13(17)3)14-4-7-16(8-5-14)19(20,21)22/h4-9,11-12,18,23H,10H2,1-3H3/t18-/m0/s1. The van der Waals surface area contributed by atoms with Crippen LogP contribution in [0.3, 0.4) is 0 Å². The minimum Gasteiger partial charge on any atom is -0.388 e. The summed E-state index contributed by atoms with van der Waals surface area (Å²) in [7, 11) is 0. The van der Waals surface area contributed by atoms with Gasteiger partial charge in [-0.1, -0.05) is 44.2 Å². The molecule has 4 heteroatoms. The number of alkyl halides is 3. The highest BCUT2D eigenvalue weighted by molar-refractivity contribution is 5.65. The highest BCUT2D eigenvalue weighted by atomic mass is 19.4. The molecule has 0 aliphatic rings. The van der Waals surface area contributed by atoms with Gasteiger partial charge in [0.1, 0.15) is 0 Å². The molecule has 1 nitrogen and oxygen atoms in total. The smallest absolute Gasteiger partial charge is 0.388 e. The third-order valence-corrected chi connectivity index (χ3v) is 3.87. The van der Waals surface area contributed by atoms with Gasteiger partial charge in [0.05, 0.1) is 11.7 Å². The second kappa shape index (κ2) is 6.75. The summed E-state index contributed by atoms with van der Waals surface area (Å²) < 4.78 is 37.8. The maximum absolute atomic E-state index is 12.6. The van der Waals surface area contributed by atoms with Crippen molar-refractivity contribution in [1.29, 1.82) is 0 Å². The Hall–Kier alpha value is -1.81. The van der Waals surface area contributed by atoms with Gasteiger partial charge in [-0.25, -0.2) is 0 Å². The van der Waals surface area contributed by atoms with Gasteiger partial charge in [-0.05, 0) is 53.6 Å². The van der Waals surface area contributed by atoms with E-state index in [0.717, 1.165) is 34.4 Å². The Balaban J connectivity index is 2.26. The molecule has 0 spiro atoms. The van der Waals surface area contributed by atoms with Gasteiger partial charge < -0.3 is 5.11 Å². The van der Waals surface area contributed by atoms with Crippen LogP contribution in [0.15, 0.2) is 42.5 Å². The van der Waals surface area contributed by atoms with Crippen LogP contribution in [-0.4, -0.2) is 5.11 Å². The summed E-state index contributed by atoms with van der Waals surface area (Å²) in [6.45, 7) is 6.01. The molecule has 0 saturated carbocycles. The van der Waals surface area contributed by atoms with Crippen molar-refractivity contribution in [2.45, 2.75) is 39.5 Å². The highest BCUT2D eigenvalue weighted by Crippen LogP contribution is 2.32. The minimum atomic E-state index is -4.32. The van der Waals surface area contributed by atoms with Crippen molar-refractivity contribution in [2.24, 2.45) is 5.92 Å². The van der Waals surface area contributed by atoms with Crippen molar-refractivity contribution < 1.29 is 18.3 Å². The summed E-state index contributed by atoms with van der Waals surface area (Å²) in [6, 6.07) is 10.7. The molecular weight excluding hydrogens is 301 g/mol. The van der Waals surface area contributed by atoms with Gasteiger partial charge in [-0.3, -0.25) is 0 Å². The molecular formula is C19H21F3O. The second-order valence-electron chi connectivity index (χ2n) is 6.29. The highest BCUT2D eigenvalue weighted by Gasteiger charge is 2.29. The Bertz CT molecular complexity index is 657. The van der Waals surface area contributed by atoms with Crippen LogP contribution in [0.1, 0.15) is 43.1 Å². The van der Waals surface area contributed by atoms with Gasteiger partial charge in [0.2, 0.25) is 0 Å². The van der Waals surface area contributed by atoms with Gasteiger partial charge in [0, 0.05) is 0 Å². The molecule has 0 aliphatic carbocycles. The first-order valence-corrected chi connectivity index (χ1v) is 7.64. The van der Waals surface area contributed by atoms with Gasteiger partial charge in [-0.15, -0.1) is 0 Å². The number of aryl methyl sites for hydroxylation is 1. The van der Waals surface area contributed by atoms with E-state index in [4.69, 9.17) is 0 Å². The molecule has 2 aromatic rings. The Kier molecular flexibility index (Phi) is 5.15. The number of halogens is 3. The van der Waals surface area contributed by atoms with E-state index in [2.05, 4.69) is 13.8 Å². The predicted octanol–water partition coefficient (Wildman–Crippen LogP) is 5.76. The third kappa shape index (κ3) is 4.35. The van der Waals surface area contributed by atoms with E-state index < -0.39 is 17.8 Å². The van der Waals surface area contributed by atoms with Gasteiger partial charge in [0.25, 0.3) is 0 Å². The summed E-state index contributed by atoms with van der Waals surface area (Å²) in [6.07, 6.45) is -4.16. The van der Waals surface area contributed by atoms with E-state index >= 15 is 0 Å². The Morgan fingerprint density at radius 1 is 0.957 bits per heavy atom. The molecule has 0 amide bonds. The predicted molar refractivity (Wildman–Crippen MR) is 86.0 cm³/mol. The Labute approximate surface area is 134 Å². The summed E-state index contributed by atoms with van der Waals surface area (Å²) in [5.74, 6) is 0.388. The van der Waals surface area contributed by atoms with Crippen molar-refractivity contribution in [1.82, 2.24) is 0 Å². The first-order valence-electron chi connectivity index (χ1n) is 7.64. The van der Waals surface area contributed by atoms with Crippen molar-refractivity contribution in [2.75, 3.05) is 0 Å². The molecule has 124 valence electrons. The van der Waals surface area contributed by atoms with Crippen LogP contribution in [0, 0.1) is 12.8 Å². The number of aliphatic hydroxyl groups is 1. The SMILES string of the molecule is Cc1cc(-c2ccc(C(F)(F)F)cc2)ccc1[C@@H](O)CC(C)C. The van der Waals surface area contributed by atoms with Crippen molar-refractivity contribution in [3.05, 3.63) is 59.2 Å². The lowest BCUT2D eigenvalue weighted by Gasteiger charge is -2.17. The molecule has 23 heavy (non-hydrogen) atoms. The quantitative estimate of drug-likeness (QED) is 0.758. The van der Waals surface area contributed by atoms with Crippen molar-refractivity contribution in [3.63, 3.8) is 0 Å². The van der Waals surface area contributed by atoms with E-state index in [1.165, 1.54) is 12.1 Å². The molecule has 0 saturated heterocycles. The van der Waals surface area contributed by atoms with E-state index in [-0.39, 0.29) is 0 Å². The first kappa shape index (κ1) is 17.5. The number of benzene rings is 2.